The molecule has 1 aliphatic rings. The molecule has 2 N–H and O–H groups in total. The van der Waals surface area contributed by atoms with Crippen molar-refractivity contribution in [1.29, 1.82) is 0 Å². The van der Waals surface area contributed by atoms with E-state index in [1.165, 1.54) is 12.1 Å². The van der Waals surface area contributed by atoms with E-state index in [9.17, 15) is 19.0 Å². The topological polar surface area (TPSA) is 46.9 Å². The summed E-state index contributed by atoms with van der Waals surface area (Å²) in [6.07, 6.45) is -1.74. The maximum absolute atomic E-state index is 13.7. The molecule has 140 valence electrons. The van der Waals surface area contributed by atoms with Crippen LogP contribution in [-0.4, -0.2) is 59.3 Å². The third-order valence-electron chi connectivity index (χ3n) is 4.86. The summed E-state index contributed by atoms with van der Waals surface area (Å²) in [4.78, 5) is 4.15. The Morgan fingerprint density at radius 1 is 0.692 bits per heavy atom. The molecule has 4 nitrogen and oxygen atoms in total. The molecular formula is C20H24F2N2O2. The largest absolute Gasteiger partial charge is 0.387 e. The fourth-order valence-electron chi connectivity index (χ4n) is 3.33. The lowest BCUT2D eigenvalue weighted by Gasteiger charge is -2.36. The standard InChI is InChI=1S/C20H24F2N2O2/c21-17-7-3-1-5-15(17)19(25)13-23-9-11-24(12-10-23)14-20(26)16-6-2-4-8-18(16)22/h1-8,19-20,25-26H,9-14H2/t19-,20-/m1/s1. The van der Waals surface area contributed by atoms with Crippen LogP contribution in [0.25, 0.3) is 0 Å². The molecule has 0 aromatic heterocycles. The van der Waals surface area contributed by atoms with Crippen LogP contribution in [0.1, 0.15) is 23.3 Å². The van der Waals surface area contributed by atoms with Crippen molar-refractivity contribution < 1.29 is 19.0 Å². The summed E-state index contributed by atoms with van der Waals surface area (Å²) in [6.45, 7) is 3.55. The minimum absolute atomic E-state index is 0.310. The molecule has 2 atom stereocenters. The van der Waals surface area contributed by atoms with Gasteiger partial charge in [0.15, 0.2) is 0 Å². The summed E-state index contributed by atoms with van der Waals surface area (Å²) in [5, 5.41) is 20.5. The molecule has 1 heterocycles. The van der Waals surface area contributed by atoms with Gasteiger partial charge in [-0.2, -0.15) is 0 Å². The molecule has 0 amide bonds. The van der Waals surface area contributed by atoms with Crippen LogP contribution in [0.5, 0.6) is 0 Å². The van der Waals surface area contributed by atoms with Crippen LogP contribution in [0.2, 0.25) is 0 Å². The van der Waals surface area contributed by atoms with E-state index in [-0.39, 0.29) is 0 Å². The lowest BCUT2D eigenvalue weighted by molar-refractivity contribution is 0.0465. The SMILES string of the molecule is O[C@H](CN1CCN(C[C@@H](O)c2ccccc2F)CC1)c1ccccc1F. The number of β-amino-alcohol motifs (C(OH)–C–C–N with tert-alkyl or cyclic N) is 2. The van der Waals surface area contributed by atoms with Gasteiger partial charge in [-0.05, 0) is 12.1 Å². The zero-order valence-corrected chi connectivity index (χ0v) is 14.6. The first kappa shape index (κ1) is 18.9. The second kappa shape index (κ2) is 8.68. The second-order valence-corrected chi connectivity index (χ2v) is 6.68. The fourth-order valence-corrected chi connectivity index (χ4v) is 3.33. The molecular weight excluding hydrogens is 338 g/mol. The predicted octanol–water partition coefficient (Wildman–Crippen LogP) is 2.35. The number of aliphatic hydroxyl groups is 2. The van der Waals surface area contributed by atoms with E-state index in [2.05, 4.69) is 9.80 Å². The van der Waals surface area contributed by atoms with E-state index < -0.39 is 23.8 Å². The Morgan fingerprint density at radius 2 is 1.04 bits per heavy atom. The number of rotatable bonds is 6. The summed E-state index contributed by atoms with van der Waals surface area (Å²) < 4.78 is 27.5. The van der Waals surface area contributed by atoms with E-state index in [0.29, 0.717) is 50.4 Å². The monoisotopic (exact) mass is 362 g/mol. The summed E-state index contributed by atoms with van der Waals surface area (Å²) in [6, 6.07) is 12.5. The minimum Gasteiger partial charge on any atom is -0.387 e. The second-order valence-electron chi connectivity index (χ2n) is 6.68. The number of nitrogens with zero attached hydrogens (tertiary/aromatic N) is 2. The maximum Gasteiger partial charge on any atom is 0.129 e. The fraction of sp³-hybridized carbons (Fsp3) is 0.400. The van der Waals surface area contributed by atoms with Crippen molar-refractivity contribution in [2.24, 2.45) is 0 Å². The zero-order chi connectivity index (χ0) is 18.5. The number of hydrogen-bond acceptors (Lipinski definition) is 4. The van der Waals surface area contributed by atoms with Crippen LogP contribution in [0.4, 0.5) is 8.78 Å². The van der Waals surface area contributed by atoms with Crippen LogP contribution in [0.3, 0.4) is 0 Å². The van der Waals surface area contributed by atoms with Crippen LogP contribution < -0.4 is 0 Å². The Morgan fingerprint density at radius 3 is 1.38 bits per heavy atom. The predicted molar refractivity (Wildman–Crippen MR) is 95.6 cm³/mol. The lowest BCUT2D eigenvalue weighted by Crippen LogP contribution is -2.48. The molecule has 0 bridgehead atoms. The van der Waals surface area contributed by atoms with Gasteiger partial charge >= 0.3 is 0 Å². The number of piperazine rings is 1. The van der Waals surface area contributed by atoms with Gasteiger partial charge < -0.3 is 10.2 Å². The quantitative estimate of drug-likeness (QED) is 0.828. The zero-order valence-electron chi connectivity index (χ0n) is 14.6. The first-order valence-electron chi connectivity index (χ1n) is 8.84. The molecule has 1 fully saturated rings. The first-order chi connectivity index (χ1) is 12.5. The summed E-state index contributed by atoms with van der Waals surface area (Å²) >= 11 is 0. The van der Waals surface area contributed by atoms with Gasteiger partial charge in [0.05, 0.1) is 12.2 Å². The highest BCUT2D eigenvalue weighted by Gasteiger charge is 2.23. The first-order valence-corrected chi connectivity index (χ1v) is 8.84. The van der Waals surface area contributed by atoms with E-state index >= 15 is 0 Å². The average molecular weight is 362 g/mol. The van der Waals surface area contributed by atoms with Gasteiger partial charge in [-0.1, -0.05) is 36.4 Å². The summed E-state index contributed by atoms with van der Waals surface area (Å²) in [5.41, 5.74) is 0.620. The van der Waals surface area contributed by atoms with Crippen molar-refractivity contribution in [2.45, 2.75) is 12.2 Å². The molecule has 6 heteroatoms. The molecule has 1 aliphatic heterocycles. The highest BCUT2D eigenvalue weighted by molar-refractivity contribution is 5.21. The van der Waals surface area contributed by atoms with Crippen LogP contribution >= 0.6 is 0 Å². The van der Waals surface area contributed by atoms with Crippen molar-refractivity contribution in [1.82, 2.24) is 9.80 Å². The Balaban J connectivity index is 1.48. The highest BCUT2D eigenvalue weighted by Crippen LogP contribution is 2.20. The Bertz CT molecular complexity index is 659. The van der Waals surface area contributed by atoms with Gasteiger partial charge in [0.25, 0.3) is 0 Å². The van der Waals surface area contributed by atoms with Crippen molar-refractivity contribution >= 4 is 0 Å². The maximum atomic E-state index is 13.7. The van der Waals surface area contributed by atoms with Crippen LogP contribution in [0.15, 0.2) is 48.5 Å². The van der Waals surface area contributed by atoms with Gasteiger partial charge in [0.1, 0.15) is 11.6 Å². The van der Waals surface area contributed by atoms with E-state index in [0.717, 1.165) is 0 Å². The van der Waals surface area contributed by atoms with Gasteiger partial charge in [-0.3, -0.25) is 9.80 Å². The molecule has 3 rings (SSSR count). The normalized spacial score (nSPS) is 18.6. The molecule has 0 saturated carbocycles. The van der Waals surface area contributed by atoms with Crippen molar-refractivity contribution in [3.63, 3.8) is 0 Å². The van der Waals surface area contributed by atoms with Gasteiger partial charge in [-0.15, -0.1) is 0 Å². The molecule has 26 heavy (non-hydrogen) atoms. The smallest absolute Gasteiger partial charge is 0.129 e. The highest BCUT2D eigenvalue weighted by atomic mass is 19.1. The molecule has 2 aromatic rings. The molecule has 2 aromatic carbocycles. The minimum atomic E-state index is -0.869. The van der Waals surface area contributed by atoms with Gasteiger partial charge in [-0.25, -0.2) is 8.78 Å². The number of hydrogen-bond donors (Lipinski definition) is 2. The Hall–Kier alpha value is -1.86. The molecule has 0 spiro atoms. The average Bonchev–Trinajstić information content (AvgIpc) is 2.64. The third kappa shape index (κ3) is 4.65. The Kier molecular flexibility index (Phi) is 6.32. The van der Waals surface area contributed by atoms with Gasteiger partial charge in [0.2, 0.25) is 0 Å². The van der Waals surface area contributed by atoms with Gasteiger partial charge in [0, 0.05) is 50.4 Å². The van der Waals surface area contributed by atoms with Crippen LogP contribution in [-0.2, 0) is 0 Å². The number of aliphatic hydroxyl groups excluding tert-OH is 2. The number of halogens is 2. The van der Waals surface area contributed by atoms with Crippen LogP contribution in [0, 0.1) is 11.6 Å². The molecule has 0 aliphatic carbocycles. The van der Waals surface area contributed by atoms with Crippen molar-refractivity contribution in [3.8, 4) is 0 Å². The Labute approximate surface area is 152 Å². The van der Waals surface area contributed by atoms with E-state index in [1.807, 2.05) is 0 Å². The van der Waals surface area contributed by atoms with E-state index in [1.54, 1.807) is 36.4 Å². The molecule has 0 radical (unpaired) electrons. The summed E-state index contributed by atoms with van der Waals surface area (Å²) in [5.74, 6) is -0.793. The molecule has 0 unspecified atom stereocenters. The third-order valence-corrected chi connectivity index (χ3v) is 4.86. The van der Waals surface area contributed by atoms with E-state index in [4.69, 9.17) is 0 Å². The molecule has 1 saturated heterocycles. The van der Waals surface area contributed by atoms with Crippen molar-refractivity contribution in [2.75, 3.05) is 39.3 Å². The van der Waals surface area contributed by atoms with Crippen molar-refractivity contribution in [3.05, 3.63) is 71.3 Å². The number of benzene rings is 2. The summed E-state index contributed by atoms with van der Waals surface area (Å²) in [7, 11) is 0. The lowest BCUT2D eigenvalue weighted by atomic mass is 10.1.